The number of amides is 1. The number of hydrogen-bond acceptors (Lipinski definition) is 6. The molecule has 1 amide bonds. The molecule has 3 heterocycles. The van der Waals surface area contributed by atoms with Gasteiger partial charge in [0.2, 0.25) is 0 Å². The minimum atomic E-state index is -0.136. The molecule has 0 fully saturated rings. The van der Waals surface area contributed by atoms with Gasteiger partial charge in [-0.2, -0.15) is 0 Å². The van der Waals surface area contributed by atoms with Gasteiger partial charge in [-0.3, -0.25) is 14.5 Å². The second kappa shape index (κ2) is 6.49. The van der Waals surface area contributed by atoms with Crippen molar-refractivity contribution in [3.8, 4) is 0 Å². The largest absolute Gasteiger partial charge is 0.357 e. The number of aromatic nitrogens is 2. The van der Waals surface area contributed by atoms with Crippen molar-refractivity contribution < 1.29 is 9.59 Å². The van der Waals surface area contributed by atoms with E-state index in [1.165, 1.54) is 18.3 Å². The molecule has 4 rings (SSSR count). The Labute approximate surface area is 155 Å². The first kappa shape index (κ1) is 16.7. The van der Waals surface area contributed by atoms with Crippen LogP contribution in [0.1, 0.15) is 32.7 Å². The highest BCUT2D eigenvalue weighted by Gasteiger charge is 2.28. The summed E-state index contributed by atoms with van der Waals surface area (Å²) in [5.74, 6) is 1.11. The van der Waals surface area contributed by atoms with Crippen molar-refractivity contribution in [2.24, 2.45) is 0 Å². The number of Topliss-reactive ketones (excluding diaryl/α,β-unsaturated/α-hetero) is 1. The Balaban J connectivity index is 1.81. The topological polar surface area (TPSA) is 66.4 Å². The Hall–Kier alpha value is -2.80. The second-order valence-electron chi connectivity index (χ2n) is 6.31. The van der Waals surface area contributed by atoms with Crippen molar-refractivity contribution in [1.82, 2.24) is 9.97 Å². The standard InChI is InChI=1S/C19H18N4O2S/c1-12(24)15-8-9-16(26-15)19(25)23-11-5-10-22(2)17-18(23)21-14-7-4-3-6-13(14)20-17/h3-4,6-9H,5,10-11H2,1-2H3. The molecule has 0 aliphatic carbocycles. The van der Waals surface area contributed by atoms with Gasteiger partial charge < -0.3 is 4.90 Å². The molecule has 1 aliphatic heterocycles. The highest BCUT2D eigenvalue weighted by molar-refractivity contribution is 7.16. The van der Waals surface area contributed by atoms with Crippen molar-refractivity contribution in [2.45, 2.75) is 13.3 Å². The molecule has 1 aromatic carbocycles. The van der Waals surface area contributed by atoms with Crippen LogP contribution in [0, 0.1) is 0 Å². The van der Waals surface area contributed by atoms with Crippen LogP contribution in [-0.2, 0) is 0 Å². The molecule has 0 saturated carbocycles. The zero-order chi connectivity index (χ0) is 18.3. The molecule has 0 atom stereocenters. The van der Waals surface area contributed by atoms with Gasteiger partial charge in [0.1, 0.15) is 0 Å². The first-order valence-electron chi connectivity index (χ1n) is 8.45. The molecule has 2 aromatic heterocycles. The van der Waals surface area contributed by atoms with Gasteiger partial charge in [0.15, 0.2) is 17.4 Å². The van der Waals surface area contributed by atoms with Crippen molar-refractivity contribution in [1.29, 1.82) is 0 Å². The SMILES string of the molecule is CC(=O)c1ccc(C(=O)N2CCCN(C)c3nc4ccccc4nc32)s1. The highest BCUT2D eigenvalue weighted by Crippen LogP contribution is 2.32. The summed E-state index contributed by atoms with van der Waals surface area (Å²) in [7, 11) is 1.97. The zero-order valence-corrected chi connectivity index (χ0v) is 15.4. The minimum absolute atomic E-state index is 0.0316. The minimum Gasteiger partial charge on any atom is -0.357 e. The summed E-state index contributed by atoms with van der Waals surface area (Å²) in [6.45, 7) is 2.87. The Kier molecular flexibility index (Phi) is 4.16. The van der Waals surface area contributed by atoms with Gasteiger partial charge >= 0.3 is 0 Å². The highest BCUT2D eigenvalue weighted by atomic mass is 32.1. The van der Waals surface area contributed by atoms with Crippen LogP contribution in [0.15, 0.2) is 36.4 Å². The zero-order valence-electron chi connectivity index (χ0n) is 14.6. The van der Waals surface area contributed by atoms with Crippen LogP contribution in [0.25, 0.3) is 11.0 Å². The Morgan fingerprint density at radius 1 is 0.962 bits per heavy atom. The Bertz CT molecular complexity index is 1010. The first-order valence-corrected chi connectivity index (χ1v) is 9.27. The maximum atomic E-state index is 13.1. The number of para-hydroxylation sites is 2. The molecule has 132 valence electrons. The molecule has 6 nitrogen and oxygen atoms in total. The summed E-state index contributed by atoms with van der Waals surface area (Å²) in [4.78, 5) is 39.0. The lowest BCUT2D eigenvalue weighted by Crippen LogP contribution is -2.31. The van der Waals surface area contributed by atoms with E-state index in [2.05, 4.69) is 0 Å². The van der Waals surface area contributed by atoms with Crippen molar-refractivity contribution in [2.75, 3.05) is 29.9 Å². The number of carbonyl (C=O) groups excluding carboxylic acids is 2. The van der Waals surface area contributed by atoms with E-state index in [0.29, 0.717) is 27.9 Å². The summed E-state index contributed by atoms with van der Waals surface area (Å²) < 4.78 is 0. The molecule has 0 spiro atoms. The molecular weight excluding hydrogens is 348 g/mol. The molecule has 0 bridgehead atoms. The number of thiophene rings is 1. The van der Waals surface area contributed by atoms with E-state index in [4.69, 9.17) is 9.97 Å². The van der Waals surface area contributed by atoms with Crippen LogP contribution < -0.4 is 9.80 Å². The number of anilines is 2. The molecule has 0 N–H and O–H groups in total. The van der Waals surface area contributed by atoms with E-state index in [9.17, 15) is 9.59 Å². The van der Waals surface area contributed by atoms with Gasteiger partial charge in [0.25, 0.3) is 5.91 Å². The predicted octanol–water partition coefficient (Wildman–Crippen LogP) is 3.38. The predicted molar refractivity (Wildman–Crippen MR) is 103 cm³/mol. The van der Waals surface area contributed by atoms with Crippen LogP contribution in [0.2, 0.25) is 0 Å². The lowest BCUT2D eigenvalue weighted by molar-refractivity contribution is 0.0989. The van der Waals surface area contributed by atoms with Gasteiger partial charge in [-0.15, -0.1) is 11.3 Å². The molecule has 0 saturated heterocycles. The third-order valence-corrected chi connectivity index (χ3v) is 5.61. The van der Waals surface area contributed by atoms with Crippen molar-refractivity contribution in [3.63, 3.8) is 0 Å². The van der Waals surface area contributed by atoms with Crippen LogP contribution >= 0.6 is 11.3 Å². The number of nitrogens with zero attached hydrogens (tertiary/aromatic N) is 4. The maximum absolute atomic E-state index is 13.1. The van der Waals surface area contributed by atoms with E-state index in [1.807, 2.05) is 36.2 Å². The average molecular weight is 366 g/mol. The summed E-state index contributed by atoms with van der Waals surface area (Å²) in [6, 6.07) is 11.1. The third kappa shape index (κ3) is 2.84. The summed E-state index contributed by atoms with van der Waals surface area (Å²) >= 11 is 1.23. The second-order valence-corrected chi connectivity index (χ2v) is 7.40. The summed E-state index contributed by atoms with van der Waals surface area (Å²) in [6.07, 6.45) is 0.821. The molecule has 1 aliphatic rings. The van der Waals surface area contributed by atoms with Gasteiger partial charge in [-0.05, 0) is 37.6 Å². The Morgan fingerprint density at radius 2 is 1.62 bits per heavy atom. The van der Waals surface area contributed by atoms with Crippen LogP contribution in [-0.4, -0.2) is 41.8 Å². The van der Waals surface area contributed by atoms with E-state index in [0.717, 1.165) is 24.0 Å². The smallest absolute Gasteiger partial charge is 0.269 e. The molecule has 3 aromatic rings. The number of hydrogen-bond donors (Lipinski definition) is 0. The van der Waals surface area contributed by atoms with Crippen molar-refractivity contribution in [3.05, 3.63) is 46.2 Å². The van der Waals surface area contributed by atoms with Gasteiger partial charge in [-0.25, -0.2) is 9.97 Å². The number of carbonyl (C=O) groups is 2. The third-order valence-electron chi connectivity index (χ3n) is 4.44. The quantitative estimate of drug-likeness (QED) is 0.651. The molecule has 0 radical (unpaired) electrons. The van der Waals surface area contributed by atoms with Gasteiger partial charge in [-0.1, -0.05) is 12.1 Å². The fourth-order valence-electron chi connectivity index (χ4n) is 3.07. The molecule has 26 heavy (non-hydrogen) atoms. The molecular formula is C19H18N4O2S. The molecule has 0 unspecified atom stereocenters. The summed E-state index contributed by atoms with van der Waals surface area (Å²) in [5.41, 5.74) is 1.57. The lowest BCUT2D eigenvalue weighted by atomic mass is 10.3. The molecule has 7 heteroatoms. The number of rotatable bonds is 2. The van der Waals surface area contributed by atoms with E-state index >= 15 is 0 Å². The van der Waals surface area contributed by atoms with Crippen LogP contribution in [0.5, 0.6) is 0 Å². The van der Waals surface area contributed by atoms with E-state index in [-0.39, 0.29) is 11.7 Å². The number of benzene rings is 1. The number of ketones is 1. The lowest BCUT2D eigenvalue weighted by Gasteiger charge is -2.22. The Morgan fingerprint density at radius 3 is 2.27 bits per heavy atom. The van der Waals surface area contributed by atoms with Gasteiger partial charge in [0, 0.05) is 20.1 Å². The fourth-order valence-corrected chi connectivity index (χ4v) is 3.92. The average Bonchev–Trinajstić information content (AvgIpc) is 3.08. The fraction of sp³-hybridized carbons (Fsp3) is 0.263. The van der Waals surface area contributed by atoms with Gasteiger partial charge in [0.05, 0.1) is 20.8 Å². The van der Waals surface area contributed by atoms with Crippen LogP contribution in [0.3, 0.4) is 0 Å². The number of fused-ring (bicyclic) bond motifs is 2. The monoisotopic (exact) mass is 366 g/mol. The normalized spacial score (nSPS) is 14.2. The van der Waals surface area contributed by atoms with E-state index < -0.39 is 0 Å². The maximum Gasteiger partial charge on any atom is 0.269 e. The summed E-state index contributed by atoms with van der Waals surface area (Å²) in [5, 5.41) is 0. The van der Waals surface area contributed by atoms with E-state index in [1.54, 1.807) is 17.0 Å². The van der Waals surface area contributed by atoms with Crippen LogP contribution in [0.4, 0.5) is 11.6 Å². The van der Waals surface area contributed by atoms with Crippen molar-refractivity contribution >= 4 is 45.7 Å². The first-order chi connectivity index (χ1) is 12.5.